The van der Waals surface area contributed by atoms with E-state index in [0.717, 1.165) is 10.2 Å². The van der Waals surface area contributed by atoms with Crippen molar-refractivity contribution in [1.82, 2.24) is 4.98 Å². The van der Waals surface area contributed by atoms with Crippen molar-refractivity contribution in [3.8, 4) is 6.07 Å². The number of benzene rings is 1. The highest BCUT2D eigenvalue weighted by atomic mass is 79.9. The van der Waals surface area contributed by atoms with E-state index >= 15 is 0 Å². The number of halogens is 2. The Bertz CT molecular complexity index is 636. The molecule has 0 spiro atoms. The molecule has 3 N–H and O–H groups in total. The van der Waals surface area contributed by atoms with Crippen LogP contribution in [0.1, 0.15) is 5.69 Å². The van der Waals surface area contributed by atoms with E-state index in [9.17, 15) is 0 Å². The van der Waals surface area contributed by atoms with Gasteiger partial charge in [-0.1, -0.05) is 11.6 Å². The molecular weight excluding hydrogens is 316 g/mol. The van der Waals surface area contributed by atoms with E-state index in [2.05, 4.69) is 26.2 Å². The van der Waals surface area contributed by atoms with Crippen LogP contribution >= 0.6 is 27.5 Å². The number of hydrogen-bond donors (Lipinski definition) is 2. The standard InChI is InChI=1S/C12H8BrClN4/c13-8-5-7(14)1-3-10(8)17-12-4-2-9(16)11(6-15)18-12/h1-5H,16H2,(H,17,18). The lowest BCUT2D eigenvalue weighted by Crippen LogP contribution is -1.99. The number of pyridine rings is 1. The van der Waals surface area contributed by atoms with Crippen molar-refractivity contribution in [2.45, 2.75) is 0 Å². The Labute approximate surface area is 118 Å². The van der Waals surface area contributed by atoms with Gasteiger partial charge in [-0.15, -0.1) is 0 Å². The Morgan fingerprint density at radius 1 is 1.33 bits per heavy atom. The van der Waals surface area contributed by atoms with Crippen LogP contribution in [0.15, 0.2) is 34.8 Å². The summed E-state index contributed by atoms with van der Waals surface area (Å²) in [5.74, 6) is 0.545. The normalized spacial score (nSPS) is 9.83. The van der Waals surface area contributed by atoms with E-state index < -0.39 is 0 Å². The molecule has 1 heterocycles. The number of nitrogens with zero attached hydrogens (tertiary/aromatic N) is 2. The Balaban J connectivity index is 2.32. The lowest BCUT2D eigenvalue weighted by molar-refractivity contribution is 1.26. The van der Waals surface area contributed by atoms with Gasteiger partial charge in [-0.05, 0) is 46.3 Å². The highest BCUT2D eigenvalue weighted by Crippen LogP contribution is 2.28. The summed E-state index contributed by atoms with van der Waals surface area (Å²) in [6.45, 7) is 0. The molecule has 0 radical (unpaired) electrons. The van der Waals surface area contributed by atoms with Crippen LogP contribution in [0.2, 0.25) is 5.02 Å². The zero-order chi connectivity index (χ0) is 13.1. The highest BCUT2D eigenvalue weighted by Gasteiger charge is 2.05. The molecule has 18 heavy (non-hydrogen) atoms. The summed E-state index contributed by atoms with van der Waals surface area (Å²) in [7, 11) is 0. The maximum absolute atomic E-state index is 8.85. The fraction of sp³-hybridized carbons (Fsp3) is 0. The minimum absolute atomic E-state index is 0.199. The molecule has 0 fully saturated rings. The first-order chi connectivity index (χ1) is 8.60. The molecule has 0 aliphatic carbocycles. The number of anilines is 3. The number of nitrogens with two attached hydrogens (primary N) is 1. The van der Waals surface area contributed by atoms with Crippen molar-refractivity contribution >= 4 is 44.7 Å². The molecule has 2 rings (SSSR count). The summed E-state index contributed by atoms with van der Waals surface area (Å²) < 4.78 is 0.812. The molecule has 0 saturated heterocycles. The molecule has 1 aromatic carbocycles. The molecule has 0 aliphatic rings. The van der Waals surface area contributed by atoms with Crippen molar-refractivity contribution in [2.24, 2.45) is 0 Å². The fourth-order valence-corrected chi connectivity index (χ4v) is 2.14. The second kappa shape index (κ2) is 5.25. The number of nitriles is 1. The SMILES string of the molecule is N#Cc1nc(Nc2ccc(Cl)cc2Br)ccc1N. The third-order valence-electron chi connectivity index (χ3n) is 2.23. The number of rotatable bonds is 2. The molecule has 0 bridgehead atoms. The van der Waals surface area contributed by atoms with Crippen LogP contribution in [0.5, 0.6) is 0 Å². The average molecular weight is 324 g/mol. The van der Waals surface area contributed by atoms with Crippen molar-refractivity contribution in [3.05, 3.63) is 45.5 Å². The van der Waals surface area contributed by atoms with Gasteiger partial charge in [-0.2, -0.15) is 5.26 Å². The third-order valence-corrected chi connectivity index (χ3v) is 3.12. The van der Waals surface area contributed by atoms with Gasteiger partial charge >= 0.3 is 0 Å². The molecule has 6 heteroatoms. The van der Waals surface area contributed by atoms with E-state index in [1.54, 1.807) is 24.3 Å². The predicted molar refractivity (Wildman–Crippen MR) is 75.8 cm³/mol. The van der Waals surface area contributed by atoms with E-state index in [-0.39, 0.29) is 5.69 Å². The Hall–Kier alpha value is -1.77. The first kappa shape index (κ1) is 12.7. The van der Waals surface area contributed by atoms with Gasteiger partial charge in [0.1, 0.15) is 11.9 Å². The number of nitrogens with one attached hydrogen (secondary N) is 1. The van der Waals surface area contributed by atoms with E-state index in [4.69, 9.17) is 22.6 Å². The molecule has 4 nitrogen and oxygen atoms in total. The lowest BCUT2D eigenvalue weighted by atomic mass is 10.3. The maximum atomic E-state index is 8.85. The monoisotopic (exact) mass is 322 g/mol. The minimum Gasteiger partial charge on any atom is -0.396 e. The largest absolute Gasteiger partial charge is 0.396 e. The van der Waals surface area contributed by atoms with Crippen molar-refractivity contribution in [2.75, 3.05) is 11.1 Å². The molecule has 0 aliphatic heterocycles. The number of aromatic nitrogens is 1. The predicted octanol–water partition coefficient (Wildman–Crippen LogP) is 3.69. The molecule has 2 aromatic rings. The van der Waals surface area contributed by atoms with E-state index in [0.29, 0.717) is 16.5 Å². The van der Waals surface area contributed by atoms with Crippen LogP contribution < -0.4 is 11.1 Å². The smallest absolute Gasteiger partial charge is 0.165 e. The fourth-order valence-electron chi connectivity index (χ4n) is 1.36. The van der Waals surface area contributed by atoms with E-state index in [1.807, 2.05) is 12.1 Å². The van der Waals surface area contributed by atoms with Gasteiger partial charge in [0.2, 0.25) is 0 Å². The molecule has 0 unspecified atom stereocenters. The summed E-state index contributed by atoms with van der Waals surface area (Å²) >= 11 is 9.25. The summed E-state index contributed by atoms with van der Waals surface area (Å²) in [6.07, 6.45) is 0. The van der Waals surface area contributed by atoms with Gasteiger partial charge in [0, 0.05) is 9.50 Å². The van der Waals surface area contributed by atoms with Gasteiger partial charge in [-0.25, -0.2) is 4.98 Å². The first-order valence-electron chi connectivity index (χ1n) is 4.99. The number of nitrogen functional groups attached to an aromatic ring is 1. The van der Waals surface area contributed by atoms with Gasteiger partial charge in [0.15, 0.2) is 5.69 Å². The van der Waals surface area contributed by atoms with Gasteiger partial charge in [0.25, 0.3) is 0 Å². The third kappa shape index (κ3) is 2.73. The summed E-state index contributed by atoms with van der Waals surface area (Å²) in [6, 6.07) is 10.6. The summed E-state index contributed by atoms with van der Waals surface area (Å²) in [5.41, 5.74) is 6.97. The Morgan fingerprint density at radius 3 is 2.78 bits per heavy atom. The highest BCUT2D eigenvalue weighted by molar-refractivity contribution is 9.10. The van der Waals surface area contributed by atoms with Gasteiger partial charge < -0.3 is 11.1 Å². The second-order valence-corrected chi connectivity index (χ2v) is 4.79. The van der Waals surface area contributed by atoms with Crippen LogP contribution in [-0.2, 0) is 0 Å². The Kier molecular flexibility index (Phi) is 3.70. The average Bonchev–Trinajstić information content (AvgIpc) is 2.35. The quantitative estimate of drug-likeness (QED) is 0.883. The molecule has 90 valence electrons. The van der Waals surface area contributed by atoms with Crippen LogP contribution in [0.25, 0.3) is 0 Å². The second-order valence-electron chi connectivity index (χ2n) is 3.50. The van der Waals surface area contributed by atoms with Gasteiger partial charge in [-0.3, -0.25) is 0 Å². The lowest BCUT2D eigenvalue weighted by Gasteiger charge is -2.08. The molecule has 0 amide bonds. The Morgan fingerprint density at radius 2 is 2.11 bits per heavy atom. The summed E-state index contributed by atoms with van der Waals surface area (Å²) in [5, 5.41) is 12.6. The van der Waals surface area contributed by atoms with Gasteiger partial charge in [0.05, 0.1) is 11.4 Å². The van der Waals surface area contributed by atoms with Crippen molar-refractivity contribution < 1.29 is 0 Å². The molecular formula is C12H8BrClN4. The van der Waals surface area contributed by atoms with Crippen LogP contribution in [0.4, 0.5) is 17.2 Å². The zero-order valence-corrected chi connectivity index (χ0v) is 11.5. The van der Waals surface area contributed by atoms with Crippen LogP contribution in [0, 0.1) is 11.3 Å². The van der Waals surface area contributed by atoms with Crippen LogP contribution in [-0.4, -0.2) is 4.98 Å². The van der Waals surface area contributed by atoms with Crippen molar-refractivity contribution in [1.29, 1.82) is 5.26 Å². The first-order valence-corrected chi connectivity index (χ1v) is 6.16. The topological polar surface area (TPSA) is 74.7 Å². The zero-order valence-electron chi connectivity index (χ0n) is 9.11. The molecule has 1 aromatic heterocycles. The van der Waals surface area contributed by atoms with Crippen molar-refractivity contribution in [3.63, 3.8) is 0 Å². The van der Waals surface area contributed by atoms with E-state index in [1.165, 1.54) is 0 Å². The minimum atomic E-state index is 0.199. The number of hydrogen-bond acceptors (Lipinski definition) is 4. The maximum Gasteiger partial charge on any atom is 0.165 e. The molecule has 0 saturated carbocycles. The molecule has 0 atom stereocenters. The summed E-state index contributed by atoms with van der Waals surface area (Å²) in [4.78, 5) is 4.10. The van der Waals surface area contributed by atoms with Crippen LogP contribution in [0.3, 0.4) is 0 Å².